The molecule has 1 atom stereocenters. The summed E-state index contributed by atoms with van der Waals surface area (Å²) in [6.45, 7) is 1.35. The highest BCUT2D eigenvalue weighted by molar-refractivity contribution is 5.94. The van der Waals surface area contributed by atoms with E-state index < -0.39 is 0 Å². The Morgan fingerprint density at radius 1 is 1.21 bits per heavy atom. The molecule has 2 N–H and O–H groups in total. The van der Waals surface area contributed by atoms with E-state index in [-0.39, 0.29) is 24.4 Å². The average molecular weight is 325 g/mol. The smallest absolute Gasteiger partial charge is 0.251 e. The Morgan fingerprint density at radius 2 is 2.04 bits per heavy atom. The molecule has 0 bridgehead atoms. The van der Waals surface area contributed by atoms with E-state index in [4.69, 9.17) is 0 Å². The van der Waals surface area contributed by atoms with Gasteiger partial charge in [0.05, 0.1) is 6.54 Å². The number of carbonyl (C=O) groups excluding carboxylic acids is 2. The first-order valence-corrected chi connectivity index (χ1v) is 7.86. The first-order chi connectivity index (χ1) is 11.7. The zero-order valence-corrected chi connectivity index (χ0v) is 13.2. The maximum Gasteiger partial charge on any atom is 0.251 e. The van der Waals surface area contributed by atoms with E-state index in [9.17, 15) is 9.59 Å². The molecule has 0 aliphatic carbocycles. The van der Waals surface area contributed by atoms with Gasteiger partial charge in [-0.05, 0) is 24.6 Å². The Balaban J connectivity index is 1.46. The first-order valence-electron chi connectivity index (χ1n) is 7.86. The lowest BCUT2D eigenvalue weighted by atomic mass is 10.2. The maximum atomic E-state index is 12.2. The molecular formula is C17H19N5O2. The number of likely N-dealkylation sites (tertiary alicyclic amines) is 1. The minimum atomic E-state index is -0.103. The van der Waals surface area contributed by atoms with Crippen LogP contribution in [-0.4, -0.2) is 52.4 Å². The molecule has 1 aromatic heterocycles. The van der Waals surface area contributed by atoms with Crippen molar-refractivity contribution in [2.45, 2.75) is 12.5 Å². The number of nitrogens with zero attached hydrogens (tertiary/aromatic N) is 3. The molecule has 1 unspecified atom stereocenters. The highest BCUT2D eigenvalue weighted by atomic mass is 16.2. The van der Waals surface area contributed by atoms with Crippen LogP contribution in [0.25, 0.3) is 0 Å². The second-order valence-electron chi connectivity index (χ2n) is 5.61. The topological polar surface area (TPSA) is 87.2 Å². The molecule has 2 aromatic rings. The van der Waals surface area contributed by atoms with E-state index in [2.05, 4.69) is 20.6 Å². The minimum absolute atomic E-state index is 0.00919. The molecule has 2 amide bonds. The third-order valence-corrected chi connectivity index (χ3v) is 3.91. The molecule has 7 nitrogen and oxygen atoms in total. The summed E-state index contributed by atoms with van der Waals surface area (Å²) in [5, 5.41) is 5.95. The van der Waals surface area contributed by atoms with E-state index in [1.807, 2.05) is 18.2 Å². The number of aromatic nitrogens is 2. The lowest BCUT2D eigenvalue weighted by Crippen LogP contribution is -2.40. The number of amides is 2. The zero-order chi connectivity index (χ0) is 16.8. The van der Waals surface area contributed by atoms with Crippen LogP contribution < -0.4 is 10.6 Å². The number of nitrogens with one attached hydrogen (secondary N) is 2. The van der Waals surface area contributed by atoms with Gasteiger partial charge in [-0.15, -0.1) is 0 Å². The summed E-state index contributed by atoms with van der Waals surface area (Å²) in [4.78, 5) is 34.0. The lowest BCUT2D eigenvalue weighted by molar-refractivity contribution is -0.128. The van der Waals surface area contributed by atoms with Crippen LogP contribution in [0.2, 0.25) is 0 Å². The molecule has 1 aliphatic rings. The molecule has 1 aliphatic heterocycles. The van der Waals surface area contributed by atoms with E-state index in [1.165, 1.54) is 6.33 Å². The molecule has 0 spiro atoms. The van der Waals surface area contributed by atoms with Crippen molar-refractivity contribution in [2.24, 2.45) is 0 Å². The third kappa shape index (κ3) is 4.07. The Morgan fingerprint density at radius 3 is 2.79 bits per heavy atom. The molecule has 124 valence electrons. The van der Waals surface area contributed by atoms with E-state index in [1.54, 1.807) is 29.3 Å². The number of benzene rings is 1. The van der Waals surface area contributed by atoms with Crippen LogP contribution >= 0.6 is 0 Å². The maximum absolute atomic E-state index is 12.2. The fraction of sp³-hybridized carbons (Fsp3) is 0.294. The van der Waals surface area contributed by atoms with Gasteiger partial charge in [-0.2, -0.15) is 0 Å². The van der Waals surface area contributed by atoms with Crippen LogP contribution in [0.1, 0.15) is 16.8 Å². The van der Waals surface area contributed by atoms with Crippen LogP contribution in [0, 0.1) is 0 Å². The summed E-state index contributed by atoms with van der Waals surface area (Å²) >= 11 is 0. The van der Waals surface area contributed by atoms with Gasteiger partial charge in [0.1, 0.15) is 12.1 Å². The van der Waals surface area contributed by atoms with Crippen molar-refractivity contribution in [3.8, 4) is 0 Å². The SMILES string of the molecule is O=C(NC1CCN(C(=O)CNc2ccncn2)C1)c1ccccc1. The Labute approximate surface area is 140 Å². The fourth-order valence-electron chi connectivity index (χ4n) is 2.64. The molecule has 7 heteroatoms. The van der Waals surface area contributed by atoms with Gasteiger partial charge in [-0.3, -0.25) is 9.59 Å². The van der Waals surface area contributed by atoms with Crippen LogP contribution in [-0.2, 0) is 4.79 Å². The number of carbonyl (C=O) groups is 2. The van der Waals surface area contributed by atoms with E-state index in [0.29, 0.717) is 24.5 Å². The summed E-state index contributed by atoms with van der Waals surface area (Å²) in [5.74, 6) is 0.505. The van der Waals surface area contributed by atoms with Crippen LogP contribution in [0.3, 0.4) is 0 Å². The Kier molecular flexibility index (Phi) is 5.00. The molecule has 1 fully saturated rings. The van der Waals surface area contributed by atoms with Gasteiger partial charge in [0.2, 0.25) is 5.91 Å². The predicted molar refractivity (Wildman–Crippen MR) is 89.4 cm³/mol. The van der Waals surface area contributed by atoms with Crippen molar-refractivity contribution in [1.29, 1.82) is 0 Å². The molecule has 24 heavy (non-hydrogen) atoms. The Bertz CT molecular complexity index is 693. The van der Waals surface area contributed by atoms with E-state index >= 15 is 0 Å². The average Bonchev–Trinajstić information content (AvgIpc) is 3.10. The van der Waals surface area contributed by atoms with Crippen LogP contribution in [0.5, 0.6) is 0 Å². The van der Waals surface area contributed by atoms with Gasteiger partial charge in [-0.25, -0.2) is 9.97 Å². The number of rotatable bonds is 5. The quantitative estimate of drug-likeness (QED) is 0.853. The van der Waals surface area contributed by atoms with Crippen molar-refractivity contribution in [3.63, 3.8) is 0 Å². The Hall–Kier alpha value is -2.96. The third-order valence-electron chi connectivity index (χ3n) is 3.91. The molecule has 3 rings (SSSR count). The highest BCUT2D eigenvalue weighted by Crippen LogP contribution is 2.11. The van der Waals surface area contributed by atoms with Gasteiger partial charge in [0, 0.05) is 30.9 Å². The monoisotopic (exact) mass is 325 g/mol. The second-order valence-corrected chi connectivity index (χ2v) is 5.61. The van der Waals surface area contributed by atoms with Crippen molar-refractivity contribution in [3.05, 3.63) is 54.5 Å². The van der Waals surface area contributed by atoms with Gasteiger partial charge in [0.15, 0.2) is 0 Å². The summed E-state index contributed by atoms with van der Waals surface area (Å²) in [6.07, 6.45) is 3.81. The predicted octanol–water partition coefficient (Wildman–Crippen LogP) is 0.919. The number of hydrogen-bond donors (Lipinski definition) is 2. The highest BCUT2D eigenvalue weighted by Gasteiger charge is 2.27. The van der Waals surface area contributed by atoms with Gasteiger partial charge >= 0.3 is 0 Å². The van der Waals surface area contributed by atoms with Crippen molar-refractivity contribution < 1.29 is 9.59 Å². The van der Waals surface area contributed by atoms with Gasteiger partial charge in [0.25, 0.3) is 5.91 Å². The standard InChI is InChI=1S/C17H19N5O2/c23-16(10-19-15-6-8-18-12-20-15)22-9-7-14(11-22)21-17(24)13-4-2-1-3-5-13/h1-6,8,12,14H,7,9-11H2,(H,21,24)(H,18,19,20). The zero-order valence-electron chi connectivity index (χ0n) is 13.2. The summed E-state index contributed by atoms with van der Waals surface area (Å²) < 4.78 is 0. The summed E-state index contributed by atoms with van der Waals surface area (Å²) in [7, 11) is 0. The summed E-state index contributed by atoms with van der Waals surface area (Å²) in [5.41, 5.74) is 0.632. The lowest BCUT2D eigenvalue weighted by Gasteiger charge is -2.17. The minimum Gasteiger partial charge on any atom is -0.361 e. The van der Waals surface area contributed by atoms with Crippen molar-refractivity contribution >= 4 is 17.6 Å². The molecule has 1 saturated heterocycles. The molecule has 0 saturated carbocycles. The first kappa shape index (κ1) is 15.9. The normalized spacial score (nSPS) is 16.7. The molecular weight excluding hydrogens is 306 g/mol. The van der Waals surface area contributed by atoms with Crippen LogP contribution in [0.4, 0.5) is 5.82 Å². The summed E-state index contributed by atoms with van der Waals surface area (Å²) in [6, 6.07) is 10.8. The fourth-order valence-corrected chi connectivity index (χ4v) is 2.64. The molecule has 0 radical (unpaired) electrons. The van der Waals surface area contributed by atoms with Crippen LogP contribution in [0.15, 0.2) is 48.9 Å². The van der Waals surface area contributed by atoms with Gasteiger partial charge in [-0.1, -0.05) is 18.2 Å². The van der Waals surface area contributed by atoms with Crippen molar-refractivity contribution in [2.75, 3.05) is 25.0 Å². The van der Waals surface area contributed by atoms with Gasteiger partial charge < -0.3 is 15.5 Å². The largest absolute Gasteiger partial charge is 0.361 e. The number of anilines is 1. The molecule has 2 heterocycles. The number of hydrogen-bond acceptors (Lipinski definition) is 5. The van der Waals surface area contributed by atoms with E-state index in [0.717, 1.165) is 6.42 Å². The van der Waals surface area contributed by atoms with Crippen molar-refractivity contribution in [1.82, 2.24) is 20.2 Å². The second kappa shape index (κ2) is 7.54. The molecule has 1 aromatic carbocycles.